The summed E-state index contributed by atoms with van der Waals surface area (Å²) in [5, 5.41) is 5.39. The lowest BCUT2D eigenvalue weighted by molar-refractivity contribution is -0.135. The number of carbonyl (C=O) groups excluding carboxylic acids is 3. The maximum Gasteiger partial charge on any atom is 0.321 e. The number of carbonyl (C=O) groups is 3. The molecule has 2 N–H and O–H groups in total. The van der Waals surface area contributed by atoms with Gasteiger partial charge in [0.1, 0.15) is 0 Å². The summed E-state index contributed by atoms with van der Waals surface area (Å²) in [7, 11) is 0. The molecule has 4 amide bonds. The zero-order valence-corrected chi connectivity index (χ0v) is 15.3. The first-order valence-corrected chi connectivity index (χ1v) is 8.84. The van der Waals surface area contributed by atoms with Crippen LogP contribution in [0.5, 0.6) is 0 Å². The van der Waals surface area contributed by atoms with Gasteiger partial charge in [-0.15, -0.1) is 0 Å². The van der Waals surface area contributed by atoms with Crippen molar-refractivity contribution in [1.29, 1.82) is 0 Å². The van der Waals surface area contributed by atoms with Crippen LogP contribution in [-0.2, 0) is 9.59 Å². The van der Waals surface area contributed by atoms with Crippen LogP contribution in [-0.4, -0.2) is 42.4 Å². The minimum absolute atomic E-state index is 0.0256. The van der Waals surface area contributed by atoms with E-state index in [2.05, 4.69) is 10.6 Å². The van der Waals surface area contributed by atoms with Gasteiger partial charge in [0.05, 0.1) is 5.92 Å². The Balaban J connectivity index is 1.79. The predicted octanol–water partition coefficient (Wildman–Crippen LogP) is 2.53. The fourth-order valence-corrected chi connectivity index (χ4v) is 3.14. The number of hydrogen-bond acceptors (Lipinski definition) is 3. The highest BCUT2D eigenvalue weighted by Gasteiger charge is 2.26. The van der Waals surface area contributed by atoms with Gasteiger partial charge in [0, 0.05) is 31.6 Å². The first-order chi connectivity index (χ1) is 11.9. The second-order valence-corrected chi connectivity index (χ2v) is 6.88. The number of halogens is 1. The lowest BCUT2D eigenvalue weighted by atomic mass is 9.89. The van der Waals surface area contributed by atoms with Gasteiger partial charge in [0.2, 0.25) is 11.8 Å². The number of imide groups is 1. The standard InChI is InChI=1S/C18H24ClN3O3/c1-12(11-20-18(25)21-13(2)23)17(24)22-9-7-15(8-10-22)14-3-5-16(19)6-4-14/h3-6,12,15H,7-11H2,1-2H3,(H2,20,21,23,25). The summed E-state index contributed by atoms with van der Waals surface area (Å²) < 4.78 is 0. The van der Waals surface area contributed by atoms with Crippen LogP contribution in [0.15, 0.2) is 24.3 Å². The Morgan fingerprint density at radius 1 is 1.20 bits per heavy atom. The Bertz CT molecular complexity index is 625. The maximum absolute atomic E-state index is 12.5. The molecular formula is C18H24ClN3O3. The first-order valence-electron chi connectivity index (χ1n) is 8.46. The average Bonchev–Trinajstić information content (AvgIpc) is 2.59. The van der Waals surface area contributed by atoms with Crippen molar-refractivity contribution in [2.75, 3.05) is 19.6 Å². The second kappa shape index (κ2) is 8.85. The molecule has 1 aliphatic heterocycles. The van der Waals surface area contributed by atoms with Crippen molar-refractivity contribution in [2.45, 2.75) is 32.6 Å². The zero-order valence-electron chi connectivity index (χ0n) is 14.5. The van der Waals surface area contributed by atoms with Gasteiger partial charge in [-0.05, 0) is 36.5 Å². The Hall–Kier alpha value is -2.08. The lowest BCUT2D eigenvalue weighted by Crippen LogP contribution is -2.46. The number of nitrogens with zero attached hydrogens (tertiary/aromatic N) is 1. The Labute approximate surface area is 152 Å². The predicted molar refractivity (Wildman–Crippen MR) is 96.4 cm³/mol. The molecule has 0 radical (unpaired) electrons. The fourth-order valence-electron chi connectivity index (χ4n) is 3.02. The molecule has 1 aliphatic rings. The molecule has 2 rings (SSSR count). The second-order valence-electron chi connectivity index (χ2n) is 6.44. The Morgan fingerprint density at radius 2 is 1.80 bits per heavy atom. The third-order valence-corrected chi connectivity index (χ3v) is 4.68. The molecule has 0 bridgehead atoms. The van der Waals surface area contributed by atoms with Crippen molar-refractivity contribution in [3.8, 4) is 0 Å². The van der Waals surface area contributed by atoms with E-state index in [9.17, 15) is 14.4 Å². The van der Waals surface area contributed by atoms with E-state index in [4.69, 9.17) is 11.6 Å². The van der Waals surface area contributed by atoms with E-state index in [1.54, 1.807) is 6.92 Å². The van der Waals surface area contributed by atoms with E-state index in [0.717, 1.165) is 17.9 Å². The fraction of sp³-hybridized carbons (Fsp3) is 0.500. The number of urea groups is 1. The first kappa shape index (κ1) is 19.2. The largest absolute Gasteiger partial charge is 0.342 e. The Morgan fingerprint density at radius 3 is 2.36 bits per heavy atom. The highest BCUT2D eigenvalue weighted by Crippen LogP contribution is 2.29. The molecule has 0 spiro atoms. The van der Waals surface area contributed by atoms with Crippen LogP contribution < -0.4 is 10.6 Å². The number of hydrogen-bond donors (Lipinski definition) is 2. The van der Waals surface area contributed by atoms with Crippen molar-refractivity contribution >= 4 is 29.4 Å². The van der Waals surface area contributed by atoms with Gasteiger partial charge in [-0.2, -0.15) is 0 Å². The topological polar surface area (TPSA) is 78.5 Å². The van der Waals surface area contributed by atoms with Crippen LogP contribution in [0.1, 0.15) is 38.2 Å². The molecule has 1 saturated heterocycles. The molecule has 1 aromatic rings. The Kier molecular flexibility index (Phi) is 6.82. The summed E-state index contributed by atoms with van der Waals surface area (Å²) in [4.78, 5) is 36.5. The average molecular weight is 366 g/mol. The van der Waals surface area contributed by atoms with E-state index in [1.807, 2.05) is 29.2 Å². The van der Waals surface area contributed by atoms with Crippen LogP contribution in [0.25, 0.3) is 0 Å². The third kappa shape index (κ3) is 5.74. The molecule has 0 aliphatic carbocycles. The third-order valence-electron chi connectivity index (χ3n) is 4.43. The quantitative estimate of drug-likeness (QED) is 0.860. The van der Waals surface area contributed by atoms with E-state index >= 15 is 0 Å². The number of benzene rings is 1. The van der Waals surface area contributed by atoms with E-state index in [-0.39, 0.29) is 18.4 Å². The smallest absolute Gasteiger partial charge is 0.321 e. The summed E-state index contributed by atoms with van der Waals surface area (Å²) in [6, 6.07) is 7.31. The van der Waals surface area contributed by atoms with Crippen LogP contribution in [0.2, 0.25) is 5.02 Å². The highest BCUT2D eigenvalue weighted by molar-refractivity contribution is 6.30. The molecule has 1 unspecified atom stereocenters. The van der Waals surface area contributed by atoms with Gasteiger partial charge in [-0.3, -0.25) is 14.9 Å². The molecule has 1 aromatic carbocycles. The molecule has 0 saturated carbocycles. The number of likely N-dealkylation sites (tertiary alicyclic amines) is 1. The SMILES string of the molecule is CC(=O)NC(=O)NCC(C)C(=O)N1CCC(c2ccc(Cl)cc2)CC1. The van der Waals surface area contributed by atoms with Crippen LogP contribution in [0.4, 0.5) is 4.79 Å². The summed E-state index contributed by atoms with van der Waals surface area (Å²) in [6.07, 6.45) is 1.83. The number of piperidine rings is 1. The van der Waals surface area contributed by atoms with Gasteiger partial charge in [0.15, 0.2) is 0 Å². The summed E-state index contributed by atoms with van der Waals surface area (Å²) >= 11 is 5.92. The molecule has 7 heteroatoms. The van der Waals surface area contributed by atoms with Gasteiger partial charge in [0.25, 0.3) is 0 Å². The van der Waals surface area contributed by atoms with E-state index in [0.29, 0.717) is 19.0 Å². The van der Waals surface area contributed by atoms with E-state index in [1.165, 1.54) is 12.5 Å². The number of rotatable bonds is 4. The van der Waals surface area contributed by atoms with Gasteiger partial charge in [-0.25, -0.2) is 4.79 Å². The van der Waals surface area contributed by atoms with E-state index < -0.39 is 11.9 Å². The summed E-state index contributed by atoms with van der Waals surface area (Å²) in [6.45, 7) is 4.65. The van der Waals surface area contributed by atoms with Crippen molar-refractivity contribution in [3.63, 3.8) is 0 Å². The van der Waals surface area contributed by atoms with Gasteiger partial charge in [-0.1, -0.05) is 30.7 Å². The van der Waals surface area contributed by atoms with Crippen LogP contribution in [0.3, 0.4) is 0 Å². The normalized spacial score (nSPS) is 16.2. The number of amides is 4. The molecule has 0 aromatic heterocycles. The monoisotopic (exact) mass is 365 g/mol. The van der Waals surface area contributed by atoms with Crippen LogP contribution in [0, 0.1) is 5.92 Å². The van der Waals surface area contributed by atoms with Crippen molar-refractivity contribution in [2.24, 2.45) is 5.92 Å². The molecule has 25 heavy (non-hydrogen) atoms. The molecule has 1 heterocycles. The molecule has 1 atom stereocenters. The number of nitrogens with one attached hydrogen (secondary N) is 2. The highest BCUT2D eigenvalue weighted by atomic mass is 35.5. The molecule has 6 nitrogen and oxygen atoms in total. The summed E-state index contributed by atoms with van der Waals surface area (Å²) in [5.74, 6) is -0.292. The van der Waals surface area contributed by atoms with Crippen molar-refractivity contribution in [1.82, 2.24) is 15.5 Å². The summed E-state index contributed by atoms with van der Waals surface area (Å²) in [5.41, 5.74) is 1.26. The molecule has 1 fully saturated rings. The van der Waals surface area contributed by atoms with Crippen LogP contribution >= 0.6 is 11.6 Å². The molecule has 136 valence electrons. The molecular weight excluding hydrogens is 342 g/mol. The van der Waals surface area contributed by atoms with Gasteiger partial charge >= 0.3 is 6.03 Å². The lowest BCUT2D eigenvalue weighted by Gasteiger charge is -2.34. The maximum atomic E-state index is 12.5. The minimum Gasteiger partial charge on any atom is -0.342 e. The minimum atomic E-state index is -0.575. The van der Waals surface area contributed by atoms with Crippen molar-refractivity contribution in [3.05, 3.63) is 34.9 Å². The van der Waals surface area contributed by atoms with Gasteiger partial charge < -0.3 is 10.2 Å². The van der Waals surface area contributed by atoms with Crippen molar-refractivity contribution < 1.29 is 14.4 Å². The zero-order chi connectivity index (χ0) is 18.4.